The fraction of sp³-hybridized carbons (Fsp3) is 0.267. The lowest BCUT2D eigenvalue weighted by Crippen LogP contribution is -2.16. The van der Waals surface area contributed by atoms with Crippen molar-refractivity contribution in [1.82, 2.24) is 4.57 Å². The van der Waals surface area contributed by atoms with Crippen LogP contribution in [-0.4, -0.2) is 18.9 Å². The lowest BCUT2D eigenvalue weighted by molar-refractivity contribution is 0.112. The third kappa shape index (κ3) is 2.25. The Kier molecular flexibility index (Phi) is 3.14. The number of para-hydroxylation sites is 1. The first-order chi connectivity index (χ1) is 8.44. The number of rotatable bonds is 1. The maximum atomic E-state index is 11.3. The lowest BCUT2D eigenvalue weighted by atomic mass is 10.1. The first-order valence-corrected chi connectivity index (χ1v) is 9.50. The van der Waals surface area contributed by atoms with Crippen LogP contribution in [-0.2, 0) is 7.05 Å². The molecular weight excluding hydrogens is 238 g/mol. The van der Waals surface area contributed by atoms with E-state index in [1.54, 1.807) is 0 Å². The van der Waals surface area contributed by atoms with Crippen LogP contribution in [0.3, 0.4) is 0 Å². The van der Waals surface area contributed by atoms with Crippen LogP contribution in [0, 0.1) is 11.5 Å². The summed E-state index contributed by atoms with van der Waals surface area (Å²) in [6, 6.07) is 7.92. The van der Waals surface area contributed by atoms with E-state index in [-0.39, 0.29) is 0 Å². The van der Waals surface area contributed by atoms with Gasteiger partial charge in [-0.25, -0.2) is 0 Å². The maximum Gasteiger partial charge on any atom is 0.153 e. The SMILES string of the molecule is Cn1c(C#C[Si](C)(C)C)c(C=O)c2ccccc21. The summed E-state index contributed by atoms with van der Waals surface area (Å²) < 4.78 is 2.01. The van der Waals surface area contributed by atoms with E-state index in [0.717, 1.165) is 22.9 Å². The molecule has 2 aromatic rings. The molecule has 2 rings (SSSR count). The van der Waals surface area contributed by atoms with Crippen molar-refractivity contribution >= 4 is 25.3 Å². The Morgan fingerprint density at radius 3 is 2.50 bits per heavy atom. The van der Waals surface area contributed by atoms with Gasteiger partial charge in [-0.1, -0.05) is 43.8 Å². The van der Waals surface area contributed by atoms with Crippen LogP contribution < -0.4 is 0 Å². The van der Waals surface area contributed by atoms with Gasteiger partial charge in [0.05, 0.1) is 5.56 Å². The van der Waals surface area contributed by atoms with Crippen molar-refractivity contribution in [2.45, 2.75) is 19.6 Å². The molecule has 0 spiro atoms. The van der Waals surface area contributed by atoms with E-state index in [9.17, 15) is 4.79 Å². The van der Waals surface area contributed by atoms with Gasteiger partial charge in [-0.15, -0.1) is 5.54 Å². The number of fused-ring (bicyclic) bond motifs is 1. The summed E-state index contributed by atoms with van der Waals surface area (Å²) in [7, 11) is 0.524. The Morgan fingerprint density at radius 1 is 1.22 bits per heavy atom. The molecule has 0 saturated carbocycles. The van der Waals surface area contributed by atoms with E-state index < -0.39 is 8.07 Å². The zero-order chi connectivity index (χ0) is 13.3. The monoisotopic (exact) mass is 255 g/mol. The molecule has 0 N–H and O–H groups in total. The molecule has 0 fully saturated rings. The van der Waals surface area contributed by atoms with Crippen LogP contribution in [0.1, 0.15) is 16.1 Å². The highest BCUT2D eigenvalue weighted by molar-refractivity contribution is 6.83. The van der Waals surface area contributed by atoms with Gasteiger partial charge < -0.3 is 4.57 Å². The van der Waals surface area contributed by atoms with Crippen LogP contribution in [0.25, 0.3) is 10.9 Å². The second-order valence-electron chi connectivity index (χ2n) is 5.46. The number of aromatic nitrogens is 1. The van der Waals surface area contributed by atoms with Gasteiger partial charge in [0.25, 0.3) is 0 Å². The molecule has 0 amide bonds. The van der Waals surface area contributed by atoms with E-state index in [4.69, 9.17) is 0 Å². The zero-order valence-electron chi connectivity index (χ0n) is 11.2. The van der Waals surface area contributed by atoms with Gasteiger partial charge in [0.1, 0.15) is 13.8 Å². The van der Waals surface area contributed by atoms with Crippen molar-refractivity contribution < 1.29 is 4.79 Å². The summed E-state index contributed by atoms with van der Waals surface area (Å²) >= 11 is 0. The first-order valence-electron chi connectivity index (χ1n) is 6.00. The van der Waals surface area contributed by atoms with Crippen LogP contribution >= 0.6 is 0 Å². The molecule has 1 heterocycles. The summed E-state index contributed by atoms with van der Waals surface area (Å²) in [5, 5.41) is 0.981. The minimum absolute atomic E-state index is 0.707. The van der Waals surface area contributed by atoms with E-state index in [1.807, 2.05) is 35.9 Å². The molecule has 92 valence electrons. The number of carbonyl (C=O) groups is 1. The number of hydrogen-bond donors (Lipinski definition) is 0. The van der Waals surface area contributed by atoms with Crippen LogP contribution in [0.15, 0.2) is 24.3 Å². The van der Waals surface area contributed by atoms with Crippen molar-refractivity contribution in [2.75, 3.05) is 0 Å². The Bertz CT molecular complexity index is 665. The number of nitrogens with zero attached hydrogens (tertiary/aromatic N) is 1. The van der Waals surface area contributed by atoms with Crippen molar-refractivity contribution in [3.63, 3.8) is 0 Å². The van der Waals surface area contributed by atoms with Gasteiger partial charge in [-0.2, -0.15) is 0 Å². The number of hydrogen-bond acceptors (Lipinski definition) is 1. The van der Waals surface area contributed by atoms with Crippen LogP contribution in [0.2, 0.25) is 19.6 Å². The first kappa shape index (κ1) is 12.7. The summed E-state index contributed by atoms with van der Waals surface area (Å²) in [5.74, 6) is 3.21. The largest absolute Gasteiger partial charge is 0.337 e. The van der Waals surface area contributed by atoms with Gasteiger partial charge in [0.15, 0.2) is 6.29 Å². The molecule has 3 heteroatoms. The number of aldehydes is 1. The highest BCUT2D eigenvalue weighted by Gasteiger charge is 2.13. The van der Waals surface area contributed by atoms with Gasteiger partial charge in [0.2, 0.25) is 0 Å². The fourth-order valence-electron chi connectivity index (χ4n) is 1.94. The van der Waals surface area contributed by atoms with Gasteiger partial charge >= 0.3 is 0 Å². The predicted molar refractivity (Wildman–Crippen MR) is 78.5 cm³/mol. The fourth-order valence-corrected chi connectivity index (χ4v) is 2.43. The zero-order valence-corrected chi connectivity index (χ0v) is 12.2. The minimum Gasteiger partial charge on any atom is -0.337 e. The second kappa shape index (κ2) is 4.47. The van der Waals surface area contributed by atoms with E-state index in [2.05, 4.69) is 31.1 Å². The third-order valence-electron chi connectivity index (χ3n) is 2.82. The molecule has 0 atom stereocenters. The standard InChI is InChI=1S/C15H17NOSi/c1-16-14-8-6-5-7-12(14)13(11-17)15(16)9-10-18(2,3)4/h5-8,11H,1-4H3. The molecular formula is C15H17NOSi. The Hall–Kier alpha value is -1.79. The Balaban J connectivity index is 2.73. The normalized spacial score (nSPS) is 11.1. The molecule has 18 heavy (non-hydrogen) atoms. The van der Waals surface area contributed by atoms with Crippen molar-refractivity contribution in [2.24, 2.45) is 7.05 Å². The Morgan fingerprint density at radius 2 is 1.89 bits per heavy atom. The number of aryl methyl sites for hydroxylation is 1. The van der Waals surface area contributed by atoms with Crippen molar-refractivity contribution in [3.05, 3.63) is 35.5 Å². The highest BCUT2D eigenvalue weighted by Crippen LogP contribution is 2.23. The summed E-state index contributed by atoms with van der Waals surface area (Å²) in [5.41, 5.74) is 5.91. The van der Waals surface area contributed by atoms with Crippen molar-refractivity contribution in [1.29, 1.82) is 0 Å². The summed E-state index contributed by atoms with van der Waals surface area (Å²) in [6.45, 7) is 6.59. The van der Waals surface area contributed by atoms with Crippen molar-refractivity contribution in [3.8, 4) is 11.5 Å². The van der Waals surface area contributed by atoms with E-state index >= 15 is 0 Å². The molecule has 1 aromatic heterocycles. The molecule has 0 saturated heterocycles. The topological polar surface area (TPSA) is 22.0 Å². The van der Waals surface area contributed by atoms with Gasteiger partial charge in [0, 0.05) is 18.0 Å². The second-order valence-corrected chi connectivity index (χ2v) is 10.2. The van der Waals surface area contributed by atoms with Gasteiger partial charge in [-0.05, 0) is 6.07 Å². The smallest absolute Gasteiger partial charge is 0.153 e. The number of carbonyl (C=O) groups excluding carboxylic acids is 1. The average molecular weight is 255 g/mol. The minimum atomic E-state index is -1.44. The molecule has 0 aliphatic rings. The quantitative estimate of drug-likeness (QED) is 0.436. The summed E-state index contributed by atoms with van der Waals surface area (Å²) in [6.07, 6.45) is 0.913. The van der Waals surface area contributed by atoms with Crippen LogP contribution in [0.5, 0.6) is 0 Å². The van der Waals surface area contributed by atoms with E-state index in [1.165, 1.54) is 0 Å². The summed E-state index contributed by atoms with van der Waals surface area (Å²) in [4.78, 5) is 11.3. The molecule has 0 bridgehead atoms. The van der Waals surface area contributed by atoms with E-state index in [0.29, 0.717) is 5.56 Å². The maximum absolute atomic E-state index is 11.3. The molecule has 0 aliphatic heterocycles. The highest BCUT2D eigenvalue weighted by atomic mass is 28.3. The Labute approximate surface area is 109 Å². The third-order valence-corrected chi connectivity index (χ3v) is 3.69. The molecule has 2 nitrogen and oxygen atoms in total. The van der Waals surface area contributed by atoms with Gasteiger partial charge in [-0.3, -0.25) is 4.79 Å². The molecule has 1 aromatic carbocycles. The average Bonchev–Trinajstić information content (AvgIpc) is 2.59. The number of benzene rings is 1. The lowest BCUT2D eigenvalue weighted by Gasteiger charge is -2.04. The molecule has 0 aliphatic carbocycles. The predicted octanol–water partition coefficient (Wildman–Crippen LogP) is 3.22. The molecule has 0 radical (unpaired) electrons. The molecule has 0 unspecified atom stereocenters. The van der Waals surface area contributed by atoms with Crippen LogP contribution in [0.4, 0.5) is 0 Å².